The zero-order chi connectivity index (χ0) is 15.1. The lowest BCUT2D eigenvalue weighted by molar-refractivity contribution is 0.0684. The number of aliphatic hydroxyl groups excluding tert-OH is 1. The number of aliphatic hydroxyl groups is 1. The summed E-state index contributed by atoms with van der Waals surface area (Å²) in [5, 5.41) is 9.44. The summed E-state index contributed by atoms with van der Waals surface area (Å²) in [5.74, 6) is 0.677. The molecule has 2 aromatic rings. The highest BCUT2D eigenvalue weighted by Gasteiger charge is 2.09. The van der Waals surface area contributed by atoms with Crippen LogP contribution in [0.15, 0.2) is 18.2 Å². The molecule has 0 spiro atoms. The number of unbranched alkanes of at least 4 members (excludes halogenated alkanes) is 1. The molecule has 116 valence electrons. The van der Waals surface area contributed by atoms with E-state index in [-0.39, 0.29) is 6.61 Å². The average molecular weight is 293 g/mol. The summed E-state index contributed by atoms with van der Waals surface area (Å²) in [6, 6.07) is 5.64. The first-order chi connectivity index (χ1) is 10.3. The second-order valence-corrected chi connectivity index (χ2v) is 4.90. The predicted molar refractivity (Wildman–Crippen MR) is 82.0 cm³/mol. The molecule has 0 saturated carbocycles. The quantitative estimate of drug-likeness (QED) is 0.541. The van der Waals surface area contributed by atoms with Crippen LogP contribution in [-0.4, -0.2) is 41.6 Å². The van der Waals surface area contributed by atoms with E-state index in [1.165, 1.54) is 0 Å². The number of ether oxygens (including phenoxy) is 2. The highest BCUT2D eigenvalue weighted by Crippen LogP contribution is 2.19. The SMILES string of the molecule is COCCOCCCCn1c(CO)nc2cc(N)ccc21. The second kappa shape index (κ2) is 7.97. The van der Waals surface area contributed by atoms with Crippen LogP contribution in [0.25, 0.3) is 11.0 Å². The molecule has 0 bridgehead atoms. The highest BCUT2D eigenvalue weighted by atomic mass is 16.5. The van der Waals surface area contributed by atoms with Gasteiger partial charge in [-0.3, -0.25) is 0 Å². The van der Waals surface area contributed by atoms with Crippen molar-refractivity contribution in [2.45, 2.75) is 26.0 Å². The van der Waals surface area contributed by atoms with Gasteiger partial charge in [0, 0.05) is 25.9 Å². The Morgan fingerprint density at radius 3 is 2.86 bits per heavy atom. The Morgan fingerprint density at radius 2 is 2.10 bits per heavy atom. The molecule has 1 aromatic heterocycles. The number of hydrogen-bond acceptors (Lipinski definition) is 5. The summed E-state index contributed by atoms with van der Waals surface area (Å²) >= 11 is 0. The molecule has 1 heterocycles. The lowest BCUT2D eigenvalue weighted by Crippen LogP contribution is -2.07. The average Bonchev–Trinajstić information content (AvgIpc) is 2.83. The number of nitrogen functional groups attached to an aromatic ring is 1. The number of benzene rings is 1. The Bertz CT molecular complexity index is 569. The molecule has 0 saturated heterocycles. The van der Waals surface area contributed by atoms with E-state index >= 15 is 0 Å². The van der Waals surface area contributed by atoms with Crippen LogP contribution >= 0.6 is 0 Å². The smallest absolute Gasteiger partial charge is 0.135 e. The van der Waals surface area contributed by atoms with Gasteiger partial charge in [-0.1, -0.05) is 0 Å². The second-order valence-electron chi connectivity index (χ2n) is 4.90. The molecule has 6 heteroatoms. The molecule has 0 fully saturated rings. The summed E-state index contributed by atoms with van der Waals surface area (Å²) in [6.45, 7) is 2.72. The Kier molecular flexibility index (Phi) is 5.98. The number of anilines is 1. The summed E-state index contributed by atoms with van der Waals surface area (Å²) in [6.07, 6.45) is 1.93. The fourth-order valence-electron chi connectivity index (χ4n) is 2.29. The number of hydrogen-bond donors (Lipinski definition) is 2. The third kappa shape index (κ3) is 4.17. The Labute approximate surface area is 124 Å². The van der Waals surface area contributed by atoms with Gasteiger partial charge in [0.2, 0.25) is 0 Å². The minimum atomic E-state index is -0.0705. The molecule has 0 amide bonds. The molecule has 3 N–H and O–H groups in total. The number of imidazole rings is 1. The lowest BCUT2D eigenvalue weighted by atomic mass is 10.2. The maximum Gasteiger partial charge on any atom is 0.135 e. The molecule has 0 aliphatic heterocycles. The Morgan fingerprint density at radius 1 is 1.24 bits per heavy atom. The van der Waals surface area contributed by atoms with Gasteiger partial charge in [-0.15, -0.1) is 0 Å². The highest BCUT2D eigenvalue weighted by molar-refractivity contribution is 5.79. The van der Waals surface area contributed by atoms with E-state index < -0.39 is 0 Å². The largest absolute Gasteiger partial charge is 0.399 e. The van der Waals surface area contributed by atoms with Crippen LogP contribution in [0.3, 0.4) is 0 Å². The molecular formula is C15H23N3O3. The molecule has 0 atom stereocenters. The van der Waals surface area contributed by atoms with E-state index in [0.717, 1.165) is 37.0 Å². The third-order valence-electron chi connectivity index (χ3n) is 3.34. The molecule has 0 radical (unpaired) electrons. The van der Waals surface area contributed by atoms with Crippen molar-refractivity contribution in [2.75, 3.05) is 32.7 Å². The monoisotopic (exact) mass is 293 g/mol. The molecule has 6 nitrogen and oxygen atoms in total. The van der Waals surface area contributed by atoms with Crippen LogP contribution in [0.1, 0.15) is 18.7 Å². The van der Waals surface area contributed by atoms with Crippen LogP contribution in [0.2, 0.25) is 0 Å². The van der Waals surface area contributed by atoms with Crippen LogP contribution in [0.4, 0.5) is 5.69 Å². The topological polar surface area (TPSA) is 82.5 Å². The number of methoxy groups -OCH3 is 1. The maximum absolute atomic E-state index is 9.44. The van der Waals surface area contributed by atoms with E-state index in [1.807, 2.05) is 22.8 Å². The number of nitrogens with zero attached hydrogens (tertiary/aromatic N) is 2. The standard InChI is InChI=1S/C15H23N3O3/c1-20-8-9-21-7-3-2-6-18-14-5-4-12(16)10-13(14)17-15(18)11-19/h4-5,10,19H,2-3,6-9,11,16H2,1H3. The molecule has 0 aliphatic rings. The molecule has 2 rings (SSSR count). The van der Waals surface area contributed by atoms with Gasteiger partial charge in [0.25, 0.3) is 0 Å². The van der Waals surface area contributed by atoms with E-state index in [2.05, 4.69) is 4.98 Å². The molecule has 21 heavy (non-hydrogen) atoms. The van der Waals surface area contributed by atoms with Crippen molar-refractivity contribution in [1.82, 2.24) is 9.55 Å². The van der Waals surface area contributed by atoms with Crippen molar-refractivity contribution in [3.05, 3.63) is 24.0 Å². The first-order valence-corrected chi connectivity index (χ1v) is 7.18. The fourth-order valence-corrected chi connectivity index (χ4v) is 2.29. The summed E-state index contributed by atoms with van der Waals surface area (Å²) in [4.78, 5) is 4.42. The molecule has 1 aromatic carbocycles. The van der Waals surface area contributed by atoms with Crippen molar-refractivity contribution in [1.29, 1.82) is 0 Å². The van der Waals surface area contributed by atoms with Gasteiger partial charge in [-0.2, -0.15) is 0 Å². The number of fused-ring (bicyclic) bond motifs is 1. The summed E-state index contributed by atoms with van der Waals surface area (Å²) < 4.78 is 12.4. The van der Waals surface area contributed by atoms with Gasteiger partial charge in [0.05, 0.1) is 24.2 Å². The van der Waals surface area contributed by atoms with Crippen molar-refractivity contribution in [3.8, 4) is 0 Å². The first kappa shape index (κ1) is 15.8. The minimum Gasteiger partial charge on any atom is -0.399 e. The zero-order valence-electron chi connectivity index (χ0n) is 12.4. The maximum atomic E-state index is 9.44. The van der Waals surface area contributed by atoms with Crippen LogP contribution in [0, 0.1) is 0 Å². The summed E-state index contributed by atoms with van der Waals surface area (Å²) in [5.41, 5.74) is 8.29. The van der Waals surface area contributed by atoms with Crippen LogP contribution < -0.4 is 5.73 Å². The number of rotatable bonds is 9. The van der Waals surface area contributed by atoms with E-state index in [9.17, 15) is 5.11 Å². The van der Waals surface area contributed by atoms with Crippen LogP contribution in [-0.2, 0) is 22.6 Å². The third-order valence-corrected chi connectivity index (χ3v) is 3.34. The number of aryl methyl sites for hydroxylation is 1. The van der Waals surface area contributed by atoms with Crippen molar-refractivity contribution in [3.63, 3.8) is 0 Å². The molecule has 0 unspecified atom stereocenters. The Hall–Kier alpha value is -1.63. The number of nitrogens with two attached hydrogens (primary N) is 1. The van der Waals surface area contributed by atoms with Gasteiger partial charge >= 0.3 is 0 Å². The van der Waals surface area contributed by atoms with Crippen LogP contribution in [0.5, 0.6) is 0 Å². The van der Waals surface area contributed by atoms with E-state index in [0.29, 0.717) is 24.7 Å². The van der Waals surface area contributed by atoms with Gasteiger partial charge in [-0.05, 0) is 31.0 Å². The lowest BCUT2D eigenvalue weighted by Gasteiger charge is -2.08. The fraction of sp³-hybridized carbons (Fsp3) is 0.533. The summed E-state index contributed by atoms with van der Waals surface area (Å²) in [7, 11) is 1.66. The van der Waals surface area contributed by atoms with Crippen molar-refractivity contribution < 1.29 is 14.6 Å². The zero-order valence-corrected chi connectivity index (χ0v) is 12.4. The van der Waals surface area contributed by atoms with Gasteiger partial charge in [0.15, 0.2) is 0 Å². The normalized spacial score (nSPS) is 11.3. The molecule has 0 aliphatic carbocycles. The predicted octanol–water partition coefficient (Wildman–Crippen LogP) is 1.55. The van der Waals surface area contributed by atoms with E-state index in [1.54, 1.807) is 7.11 Å². The number of aromatic nitrogens is 2. The first-order valence-electron chi connectivity index (χ1n) is 7.18. The van der Waals surface area contributed by atoms with Gasteiger partial charge < -0.3 is 24.9 Å². The van der Waals surface area contributed by atoms with Gasteiger partial charge in [-0.25, -0.2) is 4.98 Å². The molecular weight excluding hydrogens is 270 g/mol. The Balaban J connectivity index is 1.91. The van der Waals surface area contributed by atoms with Gasteiger partial charge in [0.1, 0.15) is 12.4 Å². The minimum absolute atomic E-state index is 0.0705. The van der Waals surface area contributed by atoms with Crippen molar-refractivity contribution >= 4 is 16.7 Å². The van der Waals surface area contributed by atoms with E-state index in [4.69, 9.17) is 15.2 Å². The van der Waals surface area contributed by atoms with Crippen molar-refractivity contribution in [2.24, 2.45) is 0 Å².